The Morgan fingerprint density at radius 2 is 1.09 bits per heavy atom. The summed E-state index contributed by atoms with van der Waals surface area (Å²) >= 11 is 0. The van der Waals surface area contributed by atoms with Gasteiger partial charge < -0.3 is 19.7 Å². The van der Waals surface area contributed by atoms with Crippen molar-refractivity contribution in [2.45, 2.75) is 100 Å². The van der Waals surface area contributed by atoms with Gasteiger partial charge in [-0.3, -0.25) is 11.5 Å². The van der Waals surface area contributed by atoms with Gasteiger partial charge in [0.2, 0.25) is 11.7 Å². The van der Waals surface area contributed by atoms with Crippen LogP contribution in [0.4, 0.5) is 0 Å². The summed E-state index contributed by atoms with van der Waals surface area (Å²) in [4.78, 5) is 24.7. The predicted octanol–water partition coefficient (Wildman–Crippen LogP) is -1.87. The lowest BCUT2D eigenvalue weighted by Gasteiger charge is -2.28. The highest BCUT2D eigenvalue weighted by Gasteiger charge is 2.47. The summed E-state index contributed by atoms with van der Waals surface area (Å²) in [5, 5.41) is 20.4. The maximum atomic E-state index is 12.4. The van der Waals surface area contributed by atoms with E-state index in [1.807, 2.05) is 0 Å². The Hall–Kier alpha value is -1.38. The van der Waals surface area contributed by atoms with Crippen LogP contribution in [0.2, 0.25) is 0 Å². The first-order valence-corrected chi connectivity index (χ1v) is 11.6. The van der Waals surface area contributed by atoms with Crippen LogP contribution in [0.15, 0.2) is 0 Å². The van der Waals surface area contributed by atoms with Crippen LogP contribution in [-0.2, 0) is 19.1 Å². The van der Waals surface area contributed by atoms with Gasteiger partial charge in [0, 0.05) is 24.9 Å². The Kier molecular flexibility index (Phi) is 7.03. The van der Waals surface area contributed by atoms with Crippen molar-refractivity contribution in [1.29, 1.82) is 0 Å². The number of hydrogen-bond donors (Lipinski definition) is 8. The summed E-state index contributed by atoms with van der Waals surface area (Å²) in [6, 6.07) is 0.0707. The van der Waals surface area contributed by atoms with Crippen LogP contribution in [0.1, 0.15) is 64.2 Å². The molecule has 10 N–H and O–H groups in total. The Bertz CT molecular complexity index is 644. The largest absolute Gasteiger partial charge is 0.427 e. The smallest absolute Gasteiger partial charge is 0.341 e. The van der Waals surface area contributed by atoms with Crippen LogP contribution < -0.4 is 33.2 Å². The number of carbonyl (C=O) groups is 2. The topological polar surface area (TPSA) is 193 Å². The SMILES string of the molecule is NC1(OC(=O)C(O)C(O)C(=O)OC2(N)C[C@H](C3CCCC3)NN2)C[C@H](C2CCCC2)NN1. The quantitative estimate of drug-likeness (QED) is 0.157. The zero-order valence-corrected chi connectivity index (χ0v) is 18.2. The molecule has 6 atom stereocenters. The van der Waals surface area contributed by atoms with Crippen LogP contribution in [0.5, 0.6) is 0 Å². The van der Waals surface area contributed by atoms with Gasteiger partial charge in [0.05, 0.1) is 0 Å². The fourth-order valence-electron chi connectivity index (χ4n) is 5.45. The number of carbonyl (C=O) groups excluding carboxylic acids is 2. The van der Waals surface area contributed by atoms with Gasteiger partial charge in [0.1, 0.15) is 0 Å². The molecule has 32 heavy (non-hydrogen) atoms. The Morgan fingerprint density at radius 1 is 0.750 bits per heavy atom. The monoisotopic (exact) mass is 456 g/mol. The molecule has 4 fully saturated rings. The van der Waals surface area contributed by atoms with Crippen LogP contribution in [0, 0.1) is 11.8 Å². The zero-order valence-electron chi connectivity index (χ0n) is 18.2. The van der Waals surface area contributed by atoms with Crippen LogP contribution in [0.3, 0.4) is 0 Å². The molecule has 0 bridgehead atoms. The fourth-order valence-corrected chi connectivity index (χ4v) is 5.45. The van der Waals surface area contributed by atoms with Crippen molar-refractivity contribution >= 4 is 11.9 Å². The van der Waals surface area contributed by atoms with Gasteiger partial charge in [-0.15, -0.1) is 0 Å². The molecule has 2 aliphatic carbocycles. The number of ether oxygens (including phenoxy) is 2. The average molecular weight is 457 g/mol. The molecule has 4 aliphatic rings. The molecule has 0 amide bonds. The third-order valence-corrected chi connectivity index (χ3v) is 7.27. The molecule has 0 radical (unpaired) electrons. The number of nitrogens with one attached hydrogen (secondary N) is 4. The van der Waals surface area contributed by atoms with E-state index in [1.165, 1.54) is 0 Å². The highest BCUT2D eigenvalue weighted by molar-refractivity contribution is 5.85. The normalized spacial score (nSPS) is 38.1. The van der Waals surface area contributed by atoms with E-state index in [2.05, 4.69) is 21.7 Å². The average Bonchev–Trinajstić information content (AvgIpc) is 3.53. The second kappa shape index (κ2) is 9.47. The molecule has 4 unspecified atom stereocenters. The third-order valence-electron chi connectivity index (χ3n) is 7.27. The van der Waals surface area contributed by atoms with Gasteiger partial charge >= 0.3 is 11.9 Å². The minimum Gasteiger partial charge on any atom is -0.427 e. The number of aliphatic hydroxyl groups excluding tert-OH is 2. The molecule has 0 aromatic carbocycles. The molecular weight excluding hydrogens is 420 g/mol. The molecule has 4 rings (SSSR count). The maximum Gasteiger partial charge on any atom is 0.341 e. The van der Waals surface area contributed by atoms with E-state index in [-0.39, 0.29) is 12.1 Å². The summed E-state index contributed by atoms with van der Waals surface area (Å²) < 4.78 is 10.4. The van der Waals surface area contributed by atoms with Gasteiger partial charge in [0.15, 0.2) is 12.2 Å². The van der Waals surface area contributed by atoms with Crippen molar-refractivity contribution in [1.82, 2.24) is 21.7 Å². The molecule has 12 heteroatoms. The Balaban J connectivity index is 1.26. The molecule has 2 aliphatic heterocycles. The van der Waals surface area contributed by atoms with E-state index in [9.17, 15) is 19.8 Å². The summed E-state index contributed by atoms with van der Waals surface area (Å²) in [6.45, 7) is 0. The van der Waals surface area contributed by atoms with E-state index in [0.717, 1.165) is 51.4 Å². The van der Waals surface area contributed by atoms with Gasteiger partial charge in [-0.05, 0) is 37.5 Å². The fraction of sp³-hybridized carbons (Fsp3) is 0.900. The molecule has 2 saturated heterocycles. The van der Waals surface area contributed by atoms with Crippen molar-refractivity contribution in [3.63, 3.8) is 0 Å². The van der Waals surface area contributed by atoms with Crippen molar-refractivity contribution in [3.8, 4) is 0 Å². The molecule has 0 aromatic heterocycles. The summed E-state index contributed by atoms with van der Waals surface area (Å²) in [5.41, 5.74) is 23.8. The van der Waals surface area contributed by atoms with Crippen LogP contribution in [-0.4, -0.2) is 58.1 Å². The van der Waals surface area contributed by atoms with Crippen molar-refractivity contribution < 1.29 is 29.3 Å². The lowest BCUT2D eigenvalue weighted by atomic mass is 9.95. The predicted molar refractivity (Wildman–Crippen MR) is 111 cm³/mol. The number of esters is 2. The van der Waals surface area contributed by atoms with Crippen molar-refractivity contribution in [3.05, 3.63) is 0 Å². The summed E-state index contributed by atoms with van der Waals surface area (Å²) in [7, 11) is 0. The van der Waals surface area contributed by atoms with E-state index >= 15 is 0 Å². The lowest BCUT2D eigenvalue weighted by Crippen LogP contribution is -2.59. The van der Waals surface area contributed by atoms with Crippen molar-refractivity contribution in [2.24, 2.45) is 23.3 Å². The number of aliphatic hydroxyl groups is 2. The van der Waals surface area contributed by atoms with Crippen molar-refractivity contribution in [2.75, 3.05) is 0 Å². The Labute approximate surface area is 187 Å². The molecular formula is C20H36N6O6. The van der Waals surface area contributed by atoms with E-state index in [0.29, 0.717) is 24.7 Å². The van der Waals surface area contributed by atoms with Gasteiger partial charge in [-0.2, -0.15) is 0 Å². The minimum absolute atomic E-state index is 0.0354. The minimum atomic E-state index is -2.17. The van der Waals surface area contributed by atoms with Gasteiger partial charge in [0.25, 0.3) is 0 Å². The maximum absolute atomic E-state index is 12.4. The zero-order chi connectivity index (χ0) is 22.9. The second-order valence-electron chi connectivity index (χ2n) is 9.76. The molecule has 182 valence electrons. The first-order valence-electron chi connectivity index (χ1n) is 11.6. The van der Waals surface area contributed by atoms with Crippen LogP contribution in [0.25, 0.3) is 0 Å². The highest BCUT2D eigenvalue weighted by atomic mass is 16.6. The highest BCUT2D eigenvalue weighted by Crippen LogP contribution is 2.33. The second-order valence-corrected chi connectivity index (χ2v) is 9.76. The van der Waals surface area contributed by atoms with E-state index in [1.54, 1.807) is 0 Å². The molecule has 0 aromatic rings. The third kappa shape index (κ3) is 5.23. The molecule has 12 nitrogen and oxygen atoms in total. The molecule has 2 heterocycles. The number of hydrogen-bond acceptors (Lipinski definition) is 12. The van der Waals surface area contributed by atoms with E-state index in [4.69, 9.17) is 20.9 Å². The lowest BCUT2D eigenvalue weighted by molar-refractivity contribution is -0.192. The van der Waals surface area contributed by atoms with Gasteiger partial charge in [-0.25, -0.2) is 31.3 Å². The first-order chi connectivity index (χ1) is 15.2. The number of hydrazine groups is 2. The molecule has 0 spiro atoms. The summed E-state index contributed by atoms with van der Waals surface area (Å²) in [6.07, 6.45) is 5.18. The first kappa shape index (κ1) is 23.8. The van der Waals surface area contributed by atoms with Gasteiger partial charge in [-0.1, -0.05) is 25.7 Å². The van der Waals surface area contributed by atoms with E-state index < -0.39 is 35.8 Å². The molecule has 2 saturated carbocycles. The van der Waals surface area contributed by atoms with Crippen LogP contribution >= 0.6 is 0 Å². The number of nitrogens with two attached hydrogens (primary N) is 2. The Morgan fingerprint density at radius 3 is 1.44 bits per heavy atom. The summed E-state index contributed by atoms with van der Waals surface area (Å²) in [5.74, 6) is -4.70. The standard InChI is InChI=1S/C20H36N6O6/c21-19(9-13(23-25-19)11-5-1-2-6-11)31-17(29)15(27)16(28)18(30)32-20(22)10-14(24-26-20)12-7-3-4-8-12/h11-16,23-28H,1-10,21-22H2/t13-,14-,15?,16?,19?,20?/m1/s1. The number of rotatable bonds is 7.